The third-order valence-corrected chi connectivity index (χ3v) is 6.11. The van der Waals surface area contributed by atoms with Gasteiger partial charge in [0, 0.05) is 11.1 Å². The van der Waals surface area contributed by atoms with E-state index in [-0.39, 0.29) is 29.6 Å². The maximum absolute atomic E-state index is 12.3. The Kier molecular flexibility index (Phi) is 7.63. The minimum absolute atomic E-state index is 0.0439. The number of amides is 3. The molecule has 0 saturated heterocycles. The molecule has 2 aromatic carbocycles. The summed E-state index contributed by atoms with van der Waals surface area (Å²) in [6.07, 6.45) is 0.0439. The summed E-state index contributed by atoms with van der Waals surface area (Å²) < 4.78 is 5.77. The number of para-hydroxylation sites is 1. The smallest absolute Gasteiger partial charge is 0.250 e. The number of nitrogens with two attached hydrogens (primary N) is 1. The summed E-state index contributed by atoms with van der Waals surface area (Å²) in [5, 5.41) is 7.25. The van der Waals surface area contributed by atoms with Gasteiger partial charge in [-0.05, 0) is 36.4 Å². The number of primary amides is 1. The number of thioether (sulfide) groups is 1. The van der Waals surface area contributed by atoms with Gasteiger partial charge in [-0.3, -0.25) is 14.4 Å². The van der Waals surface area contributed by atoms with E-state index in [4.69, 9.17) is 10.5 Å². The van der Waals surface area contributed by atoms with Gasteiger partial charge in [0.25, 0.3) is 5.91 Å². The fourth-order valence-electron chi connectivity index (χ4n) is 2.60. The molecule has 0 aliphatic rings. The number of carbonyl (C=O) groups is 3. The fourth-order valence-corrected chi connectivity index (χ4v) is 4.25. The molecule has 160 valence electrons. The first-order valence-corrected chi connectivity index (χ1v) is 11.0. The molecule has 31 heavy (non-hydrogen) atoms. The van der Waals surface area contributed by atoms with Crippen LogP contribution in [0.4, 0.5) is 11.4 Å². The fraction of sp³-hybridized carbons (Fsp3) is 0.143. The second-order valence-corrected chi connectivity index (χ2v) is 8.39. The van der Waals surface area contributed by atoms with Crippen molar-refractivity contribution in [3.05, 3.63) is 65.2 Å². The lowest BCUT2D eigenvalue weighted by Crippen LogP contribution is -2.19. The van der Waals surface area contributed by atoms with E-state index in [1.54, 1.807) is 61.0 Å². The molecule has 1 heterocycles. The van der Waals surface area contributed by atoms with Crippen molar-refractivity contribution in [1.82, 2.24) is 4.98 Å². The van der Waals surface area contributed by atoms with E-state index < -0.39 is 5.91 Å². The van der Waals surface area contributed by atoms with Gasteiger partial charge >= 0.3 is 0 Å². The molecule has 0 saturated carbocycles. The lowest BCUT2D eigenvalue weighted by atomic mass is 10.1. The molecule has 1 aromatic heterocycles. The van der Waals surface area contributed by atoms with Crippen LogP contribution in [0.5, 0.6) is 5.75 Å². The number of hydrogen-bond donors (Lipinski definition) is 3. The summed E-state index contributed by atoms with van der Waals surface area (Å²) in [7, 11) is 1.58. The van der Waals surface area contributed by atoms with Crippen molar-refractivity contribution in [2.75, 3.05) is 23.5 Å². The number of carbonyl (C=O) groups excluding carboxylic acids is 3. The number of hydrogen-bond acceptors (Lipinski definition) is 7. The maximum atomic E-state index is 12.3. The standard InChI is InChI=1S/C21H20N4O4S2/c1-29-15-8-6-13(7-9-15)23-19(27)12-31-21-24-14(11-30-21)10-18(26)25-17-5-3-2-4-16(17)20(22)28/h2-9,11H,10,12H2,1H3,(H2,22,28)(H,23,27)(H,25,26). The number of methoxy groups -OCH3 is 1. The Morgan fingerprint density at radius 3 is 2.52 bits per heavy atom. The van der Waals surface area contributed by atoms with Crippen LogP contribution in [0, 0.1) is 0 Å². The number of rotatable bonds is 9. The highest BCUT2D eigenvalue weighted by Gasteiger charge is 2.13. The molecule has 0 fully saturated rings. The topological polar surface area (TPSA) is 123 Å². The maximum Gasteiger partial charge on any atom is 0.250 e. The van der Waals surface area contributed by atoms with Crippen LogP contribution in [0.25, 0.3) is 0 Å². The number of anilines is 2. The Morgan fingerprint density at radius 1 is 1.06 bits per heavy atom. The first-order valence-electron chi connectivity index (χ1n) is 9.14. The third kappa shape index (κ3) is 6.56. The highest BCUT2D eigenvalue weighted by molar-refractivity contribution is 8.01. The van der Waals surface area contributed by atoms with Crippen molar-refractivity contribution in [2.45, 2.75) is 10.8 Å². The molecular formula is C21H20N4O4S2. The van der Waals surface area contributed by atoms with Crippen LogP contribution < -0.4 is 21.1 Å². The van der Waals surface area contributed by atoms with E-state index in [9.17, 15) is 14.4 Å². The van der Waals surface area contributed by atoms with Crippen molar-refractivity contribution in [3.8, 4) is 5.75 Å². The van der Waals surface area contributed by atoms with E-state index in [1.807, 2.05) is 0 Å². The normalized spacial score (nSPS) is 10.4. The summed E-state index contributed by atoms with van der Waals surface area (Å²) in [6.45, 7) is 0. The number of benzene rings is 2. The first kappa shape index (κ1) is 22.3. The van der Waals surface area contributed by atoms with E-state index in [1.165, 1.54) is 23.1 Å². The average Bonchev–Trinajstić information content (AvgIpc) is 3.20. The van der Waals surface area contributed by atoms with Gasteiger partial charge in [-0.15, -0.1) is 11.3 Å². The SMILES string of the molecule is COc1ccc(NC(=O)CSc2nc(CC(=O)Nc3ccccc3C(N)=O)cs2)cc1. The highest BCUT2D eigenvalue weighted by atomic mass is 32.2. The molecule has 3 aromatic rings. The van der Waals surface area contributed by atoms with E-state index in [0.717, 1.165) is 0 Å². The second-order valence-electron chi connectivity index (χ2n) is 6.30. The van der Waals surface area contributed by atoms with Gasteiger partial charge in [0.05, 0.1) is 36.2 Å². The molecule has 10 heteroatoms. The van der Waals surface area contributed by atoms with E-state index in [2.05, 4.69) is 15.6 Å². The van der Waals surface area contributed by atoms with Gasteiger partial charge < -0.3 is 21.1 Å². The zero-order valence-corrected chi connectivity index (χ0v) is 18.2. The van der Waals surface area contributed by atoms with Crippen molar-refractivity contribution in [3.63, 3.8) is 0 Å². The summed E-state index contributed by atoms with van der Waals surface area (Å²) in [5.41, 5.74) is 7.19. The Morgan fingerprint density at radius 2 is 1.81 bits per heavy atom. The second kappa shape index (κ2) is 10.6. The number of nitrogens with zero attached hydrogens (tertiary/aromatic N) is 1. The van der Waals surface area contributed by atoms with Gasteiger partial charge in [0.2, 0.25) is 11.8 Å². The van der Waals surface area contributed by atoms with Gasteiger partial charge in [-0.25, -0.2) is 4.98 Å². The Hall–Kier alpha value is -3.37. The monoisotopic (exact) mass is 456 g/mol. The van der Waals surface area contributed by atoms with Gasteiger partial charge in [-0.2, -0.15) is 0 Å². The molecule has 3 amide bonds. The van der Waals surface area contributed by atoms with Gasteiger partial charge in [0.15, 0.2) is 4.34 Å². The zero-order valence-electron chi connectivity index (χ0n) is 16.6. The molecule has 0 spiro atoms. The van der Waals surface area contributed by atoms with Gasteiger partial charge in [0.1, 0.15) is 5.75 Å². The number of nitrogens with one attached hydrogen (secondary N) is 2. The molecule has 0 aliphatic heterocycles. The lowest BCUT2D eigenvalue weighted by molar-refractivity contribution is -0.116. The molecule has 0 aliphatic carbocycles. The van der Waals surface area contributed by atoms with Crippen LogP contribution in [-0.4, -0.2) is 35.6 Å². The predicted molar refractivity (Wildman–Crippen MR) is 122 cm³/mol. The van der Waals surface area contributed by atoms with Crippen LogP contribution >= 0.6 is 23.1 Å². The minimum Gasteiger partial charge on any atom is -0.497 e. The molecule has 8 nitrogen and oxygen atoms in total. The average molecular weight is 457 g/mol. The Balaban J connectivity index is 1.49. The number of thiazole rings is 1. The lowest BCUT2D eigenvalue weighted by Gasteiger charge is -2.07. The van der Waals surface area contributed by atoms with Crippen molar-refractivity contribution in [2.24, 2.45) is 5.73 Å². The molecule has 0 radical (unpaired) electrons. The van der Waals surface area contributed by atoms with Gasteiger partial charge in [-0.1, -0.05) is 23.9 Å². The summed E-state index contributed by atoms with van der Waals surface area (Å²) in [4.78, 5) is 40.3. The molecule has 4 N–H and O–H groups in total. The van der Waals surface area contributed by atoms with Crippen molar-refractivity contribution < 1.29 is 19.1 Å². The predicted octanol–water partition coefficient (Wildman–Crippen LogP) is 3.16. The summed E-state index contributed by atoms with van der Waals surface area (Å²) in [6, 6.07) is 13.6. The quantitative estimate of drug-likeness (QED) is 0.425. The third-order valence-electron chi connectivity index (χ3n) is 4.04. The molecule has 3 rings (SSSR count). The highest BCUT2D eigenvalue weighted by Crippen LogP contribution is 2.24. The van der Waals surface area contributed by atoms with Crippen molar-refractivity contribution >= 4 is 52.2 Å². The summed E-state index contributed by atoms with van der Waals surface area (Å²) >= 11 is 2.65. The minimum atomic E-state index is -0.615. The zero-order chi connectivity index (χ0) is 22.2. The van der Waals surface area contributed by atoms with E-state index >= 15 is 0 Å². The summed E-state index contributed by atoms with van der Waals surface area (Å²) in [5.74, 6) is -0.182. The van der Waals surface area contributed by atoms with Crippen LogP contribution in [-0.2, 0) is 16.0 Å². The molecule has 0 bridgehead atoms. The van der Waals surface area contributed by atoms with Crippen molar-refractivity contribution in [1.29, 1.82) is 0 Å². The largest absolute Gasteiger partial charge is 0.497 e. The number of ether oxygens (including phenoxy) is 1. The molecular weight excluding hydrogens is 436 g/mol. The van der Waals surface area contributed by atoms with Crippen LogP contribution in [0.2, 0.25) is 0 Å². The first-order chi connectivity index (χ1) is 14.9. The van der Waals surface area contributed by atoms with Crippen LogP contribution in [0.3, 0.4) is 0 Å². The molecule has 0 unspecified atom stereocenters. The number of aromatic nitrogens is 1. The Bertz CT molecular complexity index is 1080. The van der Waals surface area contributed by atoms with Crippen LogP contribution in [0.1, 0.15) is 16.1 Å². The molecule has 0 atom stereocenters. The Labute approximate surface area is 187 Å². The van der Waals surface area contributed by atoms with E-state index in [0.29, 0.717) is 27.2 Å². The van der Waals surface area contributed by atoms with Crippen LogP contribution in [0.15, 0.2) is 58.3 Å².